The number of hydrogen-bond donors (Lipinski definition) is 1. The van der Waals surface area contributed by atoms with Gasteiger partial charge in [0.2, 0.25) is 5.91 Å². The van der Waals surface area contributed by atoms with E-state index in [0.717, 1.165) is 16.3 Å². The molecule has 0 saturated heterocycles. The van der Waals surface area contributed by atoms with Crippen LogP contribution in [-0.4, -0.2) is 5.91 Å². The summed E-state index contributed by atoms with van der Waals surface area (Å²) >= 11 is 0. The lowest BCUT2D eigenvalue weighted by atomic mass is 10.0. The normalized spacial score (nSPS) is 9.94. The van der Waals surface area contributed by atoms with Gasteiger partial charge in [-0.3, -0.25) is 4.79 Å². The highest BCUT2D eigenvalue weighted by Gasteiger charge is 2.01. The van der Waals surface area contributed by atoms with Crippen LogP contribution in [0.25, 0.3) is 10.8 Å². The van der Waals surface area contributed by atoms with Crippen LogP contribution in [0.2, 0.25) is 0 Å². The van der Waals surface area contributed by atoms with Crippen LogP contribution in [0.5, 0.6) is 0 Å². The van der Waals surface area contributed by atoms with Gasteiger partial charge < -0.3 is 5.73 Å². The quantitative estimate of drug-likeness (QED) is 0.820. The minimum atomic E-state index is -0.340. The van der Waals surface area contributed by atoms with Crippen molar-refractivity contribution >= 4 is 16.7 Å². The second-order valence-electron chi connectivity index (χ2n) is 3.65. The van der Waals surface area contributed by atoms with E-state index in [-0.39, 0.29) is 12.3 Å². The zero-order valence-corrected chi connectivity index (χ0v) is 8.60. The maximum Gasteiger partial charge on any atom is 0.221 e. The van der Waals surface area contributed by atoms with Crippen molar-refractivity contribution in [3.63, 3.8) is 0 Å². The minimum Gasteiger partial charge on any atom is -0.369 e. The van der Waals surface area contributed by atoms with Gasteiger partial charge in [-0.2, -0.15) is 5.26 Å². The van der Waals surface area contributed by atoms with E-state index in [1.165, 1.54) is 0 Å². The zero-order valence-electron chi connectivity index (χ0n) is 8.60. The number of primary amides is 1. The van der Waals surface area contributed by atoms with Gasteiger partial charge >= 0.3 is 0 Å². The largest absolute Gasteiger partial charge is 0.369 e. The SMILES string of the molecule is N#Cc1ccc2cc(CC(N)=O)ccc2c1. The van der Waals surface area contributed by atoms with E-state index >= 15 is 0 Å². The maximum absolute atomic E-state index is 10.8. The third-order valence-electron chi connectivity index (χ3n) is 2.41. The number of rotatable bonds is 2. The third kappa shape index (κ3) is 2.01. The average molecular weight is 210 g/mol. The molecule has 16 heavy (non-hydrogen) atoms. The first kappa shape index (κ1) is 10.2. The van der Waals surface area contributed by atoms with E-state index in [1.807, 2.05) is 30.3 Å². The molecule has 0 aliphatic carbocycles. The van der Waals surface area contributed by atoms with Gasteiger partial charge in [-0.15, -0.1) is 0 Å². The molecule has 2 aromatic rings. The molecule has 2 rings (SSSR count). The van der Waals surface area contributed by atoms with Gasteiger partial charge in [0.15, 0.2) is 0 Å². The van der Waals surface area contributed by atoms with Crippen molar-refractivity contribution in [2.75, 3.05) is 0 Å². The molecule has 0 spiro atoms. The Labute approximate surface area is 93.1 Å². The summed E-state index contributed by atoms with van der Waals surface area (Å²) in [5.74, 6) is -0.340. The summed E-state index contributed by atoms with van der Waals surface area (Å²) in [7, 11) is 0. The van der Waals surface area contributed by atoms with Crippen molar-refractivity contribution in [3.05, 3.63) is 47.5 Å². The molecule has 0 unspecified atom stereocenters. The van der Waals surface area contributed by atoms with E-state index in [1.54, 1.807) is 6.07 Å². The van der Waals surface area contributed by atoms with Crippen LogP contribution in [0.15, 0.2) is 36.4 Å². The molecular formula is C13H10N2O. The highest BCUT2D eigenvalue weighted by molar-refractivity contribution is 5.86. The van der Waals surface area contributed by atoms with Crippen molar-refractivity contribution in [1.82, 2.24) is 0 Å². The number of amides is 1. The van der Waals surface area contributed by atoms with Crippen molar-refractivity contribution in [1.29, 1.82) is 5.26 Å². The Balaban J connectivity index is 2.48. The van der Waals surface area contributed by atoms with Gasteiger partial charge in [0.05, 0.1) is 18.1 Å². The molecular weight excluding hydrogens is 200 g/mol. The topological polar surface area (TPSA) is 66.9 Å². The molecule has 2 aromatic carbocycles. The molecule has 0 heterocycles. The maximum atomic E-state index is 10.8. The Morgan fingerprint density at radius 3 is 2.56 bits per heavy atom. The zero-order chi connectivity index (χ0) is 11.5. The number of benzene rings is 2. The Kier molecular flexibility index (Phi) is 2.57. The van der Waals surface area contributed by atoms with Crippen molar-refractivity contribution in [2.24, 2.45) is 5.73 Å². The van der Waals surface area contributed by atoms with E-state index in [2.05, 4.69) is 6.07 Å². The van der Waals surface area contributed by atoms with Crippen LogP contribution in [-0.2, 0) is 11.2 Å². The van der Waals surface area contributed by atoms with Gasteiger partial charge in [-0.25, -0.2) is 0 Å². The number of nitrogens with two attached hydrogens (primary N) is 1. The van der Waals surface area contributed by atoms with E-state index in [4.69, 9.17) is 11.0 Å². The van der Waals surface area contributed by atoms with Gasteiger partial charge in [-0.05, 0) is 28.5 Å². The molecule has 0 radical (unpaired) electrons. The Morgan fingerprint density at radius 1 is 1.19 bits per heavy atom. The first-order valence-electron chi connectivity index (χ1n) is 4.90. The minimum absolute atomic E-state index is 0.246. The predicted octanol–water partition coefficient (Wildman–Crippen LogP) is 1.74. The highest BCUT2D eigenvalue weighted by atomic mass is 16.1. The number of fused-ring (bicyclic) bond motifs is 1. The molecule has 2 N–H and O–H groups in total. The summed E-state index contributed by atoms with van der Waals surface area (Å²) in [6.45, 7) is 0. The molecule has 3 heteroatoms. The molecule has 78 valence electrons. The molecule has 0 aromatic heterocycles. The molecule has 0 aliphatic rings. The second-order valence-corrected chi connectivity index (χ2v) is 3.65. The Hall–Kier alpha value is -2.34. The van der Waals surface area contributed by atoms with Gasteiger partial charge in [-0.1, -0.05) is 24.3 Å². The van der Waals surface area contributed by atoms with Crippen LogP contribution in [0.3, 0.4) is 0 Å². The van der Waals surface area contributed by atoms with Gasteiger partial charge in [0.1, 0.15) is 0 Å². The fourth-order valence-corrected chi connectivity index (χ4v) is 1.68. The average Bonchev–Trinajstić information content (AvgIpc) is 2.27. The van der Waals surface area contributed by atoms with Crippen LogP contribution >= 0.6 is 0 Å². The number of carbonyl (C=O) groups excluding carboxylic acids is 1. The smallest absolute Gasteiger partial charge is 0.221 e. The lowest BCUT2D eigenvalue weighted by Crippen LogP contribution is -2.13. The standard InChI is InChI=1S/C13H10N2O/c14-8-10-2-4-11-5-9(7-13(15)16)1-3-12(11)6-10/h1-6H,7H2,(H2,15,16). The lowest BCUT2D eigenvalue weighted by molar-refractivity contribution is -0.117. The molecule has 3 nitrogen and oxygen atoms in total. The Bertz CT molecular complexity index is 596. The summed E-state index contributed by atoms with van der Waals surface area (Å²) in [6, 6.07) is 13.2. The van der Waals surface area contributed by atoms with Crippen LogP contribution in [0.1, 0.15) is 11.1 Å². The van der Waals surface area contributed by atoms with E-state index < -0.39 is 0 Å². The van der Waals surface area contributed by atoms with Crippen LogP contribution in [0, 0.1) is 11.3 Å². The molecule has 0 fully saturated rings. The Morgan fingerprint density at radius 2 is 1.88 bits per heavy atom. The molecule has 0 aliphatic heterocycles. The van der Waals surface area contributed by atoms with Crippen molar-refractivity contribution in [2.45, 2.75) is 6.42 Å². The van der Waals surface area contributed by atoms with Gasteiger partial charge in [0, 0.05) is 0 Å². The van der Waals surface area contributed by atoms with Crippen molar-refractivity contribution in [3.8, 4) is 6.07 Å². The fraction of sp³-hybridized carbons (Fsp3) is 0.0769. The molecule has 0 bridgehead atoms. The summed E-state index contributed by atoms with van der Waals surface area (Å²) in [6.07, 6.45) is 0.246. The predicted molar refractivity (Wildman–Crippen MR) is 61.6 cm³/mol. The van der Waals surface area contributed by atoms with Crippen molar-refractivity contribution < 1.29 is 4.79 Å². The molecule has 0 saturated carbocycles. The second kappa shape index (κ2) is 4.03. The van der Waals surface area contributed by atoms with Gasteiger partial charge in [0.25, 0.3) is 0 Å². The molecule has 0 atom stereocenters. The number of nitrogens with zero attached hydrogens (tertiary/aromatic N) is 1. The summed E-state index contributed by atoms with van der Waals surface area (Å²) in [5, 5.41) is 10.8. The number of hydrogen-bond acceptors (Lipinski definition) is 2. The highest BCUT2D eigenvalue weighted by Crippen LogP contribution is 2.17. The van der Waals surface area contributed by atoms with Crippen LogP contribution < -0.4 is 5.73 Å². The fourth-order valence-electron chi connectivity index (χ4n) is 1.68. The van der Waals surface area contributed by atoms with Crippen LogP contribution in [0.4, 0.5) is 0 Å². The first-order chi connectivity index (χ1) is 7.69. The van der Waals surface area contributed by atoms with E-state index in [0.29, 0.717) is 5.56 Å². The third-order valence-corrected chi connectivity index (χ3v) is 2.41. The van der Waals surface area contributed by atoms with E-state index in [9.17, 15) is 4.79 Å². The lowest BCUT2D eigenvalue weighted by Gasteiger charge is -2.02. The first-order valence-corrected chi connectivity index (χ1v) is 4.90. The number of carbonyl (C=O) groups is 1. The number of nitriles is 1. The monoisotopic (exact) mass is 210 g/mol. The summed E-state index contributed by atoms with van der Waals surface area (Å²) in [5.41, 5.74) is 6.66. The summed E-state index contributed by atoms with van der Waals surface area (Å²) in [4.78, 5) is 10.8. The summed E-state index contributed by atoms with van der Waals surface area (Å²) < 4.78 is 0. The molecule has 1 amide bonds.